The summed E-state index contributed by atoms with van der Waals surface area (Å²) in [5, 5.41) is 2.61. The number of allylic oxidation sites excluding steroid dienone is 3. The van der Waals surface area contributed by atoms with Gasteiger partial charge in [0.25, 0.3) is 0 Å². The van der Waals surface area contributed by atoms with Crippen LogP contribution in [-0.2, 0) is 4.74 Å². The van der Waals surface area contributed by atoms with Gasteiger partial charge >= 0.3 is 0 Å². The highest BCUT2D eigenvalue weighted by atomic mass is 16.5. The standard InChI is InChI=1S/C27H27NO/c1-2-11-25-21(7-1)8-5-9-22(25)19-24-20-23(26-12-3-4-13-27(24)26)10-6-14-28-15-17-29-18-16-28/h1-5,7-9,11-13,19-20H,6,10,14-18H2/b24-19+. The van der Waals surface area contributed by atoms with E-state index in [0.717, 1.165) is 39.3 Å². The summed E-state index contributed by atoms with van der Waals surface area (Å²) in [6.07, 6.45) is 7.09. The number of benzene rings is 3. The zero-order valence-corrected chi connectivity index (χ0v) is 16.8. The Morgan fingerprint density at radius 1 is 0.828 bits per heavy atom. The molecule has 0 unspecified atom stereocenters. The lowest BCUT2D eigenvalue weighted by Crippen LogP contribution is -2.36. The fourth-order valence-electron chi connectivity index (χ4n) is 4.55. The van der Waals surface area contributed by atoms with Gasteiger partial charge in [0.1, 0.15) is 0 Å². The lowest BCUT2D eigenvalue weighted by atomic mass is 9.99. The first-order valence-corrected chi connectivity index (χ1v) is 10.7. The second-order valence-corrected chi connectivity index (χ2v) is 7.94. The van der Waals surface area contributed by atoms with Crippen LogP contribution >= 0.6 is 0 Å². The van der Waals surface area contributed by atoms with Gasteiger partial charge < -0.3 is 4.74 Å². The number of ether oxygens (including phenoxy) is 1. The number of fused-ring (bicyclic) bond motifs is 2. The molecule has 3 aromatic carbocycles. The van der Waals surface area contributed by atoms with Gasteiger partial charge in [0.15, 0.2) is 0 Å². The molecular weight excluding hydrogens is 354 g/mol. The van der Waals surface area contributed by atoms with Crippen LogP contribution in [0.4, 0.5) is 0 Å². The van der Waals surface area contributed by atoms with Crippen LogP contribution < -0.4 is 0 Å². The third kappa shape index (κ3) is 3.91. The normalized spacial score (nSPS) is 18.2. The van der Waals surface area contributed by atoms with Crippen molar-refractivity contribution in [2.45, 2.75) is 12.8 Å². The van der Waals surface area contributed by atoms with Crippen LogP contribution in [0.1, 0.15) is 29.5 Å². The molecule has 1 aliphatic heterocycles. The molecule has 0 bridgehead atoms. The monoisotopic (exact) mass is 381 g/mol. The highest BCUT2D eigenvalue weighted by Gasteiger charge is 2.18. The summed E-state index contributed by atoms with van der Waals surface area (Å²) < 4.78 is 5.47. The molecule has 1 saturated heterocycles. The second-order valence-electron chi connectivity index (χ2n) is 7.94. The number of rotatable bonds is 5. The molecule has 0 saturated carbocycles. The van der Waals surface area contributed by atoms with E-state index in [1.54, 1.807) is 0 Å². The Morgan fingerprint density at radius 3 is 2.48 bits per heavy atom. The predicted octanol–water partition coefficient (Wildman–Crippen LogP) is 5.89. The van der Waals surface area contributed by atoms with Gasteiger partial charge in [0.05, 0.1) is 13.2 Å². The van der Waals surface area contributed by atoms with Gasteiger partial charge in [-0.05, 0) is 64.1 Å². The van der Waals surface area contributed by atoms with Crippen LogP contribution in [0.15, 0.2) is 72.8 Å². The van der Waals surface area contributed by atoms with E-state index in [4.69, 9.17) is 4.74 Å². The topological polar surface area (TPSA) is 12.5 Å². The zero-order chi connectivity index (χ0) is 19.5. The zero-order valence-electron chi connectivity index (χ0n) is 16.8. The first kappa shape index (κ1) is 18.4. The molecule has 146 valence electrons. The average molecular weight is 382 g/mol. The van der Waals surface area contributed by atoms with Crippen molar-refractivity contribution in [1.29, 1.82) is 0 Å². The maximum absolute atomic E-state index is 5.47. The quantitative estimate of drug-likeness (QED) is 0.546. The third-order valence-corrected chi connectivity index (χ3v) is 6.07. The minimum Gasteiger partial charge on any atom is -0.379 e. The van der Waals surface area contributed by atoms with Crippen LogP contribution in [0.25, 0.3) is 28.0 Å². The molecule has 0 atom stereocenters. The summed E-state index contributed by atoms with van der Waals surface area (Å²) in [6.45, 7) is 5.06. The average Bonchev–Trinajstić information content (AvgIpc) is 3.12. The van der Waals surface area contributed by atoms with Crippen LogP contribution in [0.3, 0.4) is 0 Å². The van der Waals surface area contributed by atoms with Crippen LogP contribution in [0.5, 0.6) is 0 Å². The van der Waals surface area contributed by atoms with E-state index < -0.39 is 0 Å². The molecule has 0 amide bonds. The summed E-state index contributed by atoms with van der Waals surface area (Å²) in [4.78, 5) is 2.53. The molecule has 3 aromatic rings. The van der Waals surface area contributed by atoms with Gasteiger partial charge in [-0.25, -0.2) is 0 Å². The molecule has 29 heavy (non-hydrogen) atoms. The smallest absolute Gasteiger partial charge is 0.0594 e. The van der Waals surface area contributed by atoms with Gasteiger partial charge in [-0.1, -0.05) is 72.8 Å². The molecule has 1 fully saturated rings. The van der Waals surface area contributed by atoms with E-state index in [1.807, 2.05) is 0 Å². The number of hydrogen-bond acceptors (Lipinski definition) is 2. The van der Waals surface area contributed by atoms with Crippen LogP contribution in [0, 0.1) is 0 Å². The highest BCUT2D eigenvalue weighted by Crippen LogP contribution is 2.39. The lowest BCUT2D eigenvalue weighted by molar-refractivity contribution is 0.0376. The molecule has 5 rings (SSSR count). The van der Waals surface area contributed by atoms with Crippen molar-refractivity contribution in [3.8, 4) is 0 Å². The van der Waals surface area contributed by atoms with E-state index in [0.29, 0.717) is 0 Å². The van der Waals surface area contributed by atoms with Crippen LogP contribution in [-0.4, -0.2) is 37.7 Å². The van der Waals surface area contributed by atoms with Crippen molar-refractivity contribution in [2.75, 3.05) is 32.8 Å². The Balaban J connectivity index is 1.41. The molecule has 0 spiro atoms. The van der Waals surface area contributed by atoms with E-state index in [1.165, 1.54) is 45.0 Å². The maximum Gasteiger partial charge on any atom is 0.0594 e. The lowest BCUT2D eigenvalue weighted by Gasteiger charge is -2.26. The van der Waals surface area contributed by atoms with E-state index in [-0.39, 0.29) is 0 Å². The Kier molecular flexibility index (Phi) is 5.29. The van der Waals surface area contributed by atoms with Crippen molar-refractivity contribution >= 4 is 28.0 Å². The Labute approximate surface area is 173 Å². The summed E-state index contributed by atoms with van der Waals surface area (Å²) >= 11 is 0. The van der Waals surface area contributed by atoms with E-state index in [9.17, 15) is 0 Å². The van der Waals surface area contributed by atoms with E-state index in [2.05, 4.69) is 83.8 Å². The summed E-state index contributed by atoms with van der Waals surface area (Å²) in [6, 6.07) is 24.1. The molecule has 0 N–H and O–H groups in total. The third-order valence-electron chi connectivity index (χ3n) is 6.07. The Bertz CT molecular complexity index is 1070. The van der Waals surface area contributed by atoms with Crippen molar-refractivity contribution in [1.82, 2.24) is 4.90 Å². The number of nitrogens with zero attached hydrogens (tertiary/aromatic N) is 1. The summed E-state index contributed by atoms with van der Waals surface area (Å²) in [5.41, 5.74) is 6.86. The summed E-state index contributed by atoms with van der Waals surface area (Å²) in [7, 11) is 0. The van der Waals surface area contributed by atoms with Gasteiger partial charge in [-0.3, -0.25) is 4.90 Å². The molecule has 2 nitrogen and oxygen atoms in total. The Hall–Kier alpha value is -2.68. The number of hydrogen-bond donors (Lipinski definition) is 0. The van der Waals surface area contributed by atoms with Gasteiger partial charge in [0, 0.05) is 13.1 Å². The maximum atomic E-state index is 5.47. The first-order chi connectivity index (χ1) is 14.4. The van der Waals surface area contributed by atoms with Crippen molar-refractivity contribution in [3.05, 3.63) is 89.5 Å². The molecule has 0 radical (unpaired) electrons. The minimum atomic E-state index is 0.878. The molecule has 2 aliphatic rings. The van der Waals surface area contributed by atoms with Crippen molar-refractivity contribution in [2.24, 2.45) is 0 Å². The largest absolute Gasteiger partial charge is 0.379 e. The molecule has 1 aliphatic carbocycles. The van der Waals surface area contributed by atoms with Crippen molar-refractivity contribution < 1.29 is 4.74 Å². The van der Waals surface area contributed by atoms with Crippen LogP contribution in [0.2, 0.25) is 0 Å². The SMILES string of the molecule is C1=C(CCCN2CCOCC2)c2ccccc2/C1=C/c1cccc2ccccc12. The summed E-state index contributed by atoms with van der Waals surface area (Å²) in [5.74, 6) is 0. The van der Waals surface area contributed by atoms with Gasteiger partial charge in [-0.15, -0.1) is 0 Å². The molecular formula is C27H27NO. The Morgan fingerprint density at radius 2 is 1.59 bits per heavy atom. The highest BCUT2D eigenvalue weighted by molar-refractivity contribution is 6.04. The molecule has 2 heteroatoms. The minimum absolute atomic E-state index is 0.878. The van der Waals surface area contributed by atoms with Crippen molar-refractivity contribution in [3.63, 3.8) is 0 Å². The second kappa shape index (κ2) is 8.36. The van der Waals surface area contributed by atoms with Gasteiger partial charge in [0.2, 0.25) is 0 Å². The van der Waals surface area contributed by atoms with Gasteiger partial charge in [-0.2, -0.15) is 0 Å². The fourth-order valence-corrected chi connectivity index (χ4v) is 4.55. The predicted molar refractivity (Wildman–Crippen MR) is 123 cm³/mol. The fraction of sp³-hybridized carbons (Fsp3) is 0.259. The first-order valence-electron chi connectivity index (χ1n) is 10.7. The molecule has 0 aromatic heterocycles. The molecule has 1 heterocycles. The number of morpholine rings is 1. The van der Waals surface area contributed by atoms with E-state index >= 15 is 0 Å².